The summed E-state index contributed by atoms with van der Waals surface area (Å²) in [4.78, 5) is 27.0. The monoisotopic (exact) mass is 250 g/mol. The van der Waals surface area contributed by atoms with Crippen LogP contribution in [0.1, 0.15) is 29.9 Å². The molecule has 0 saturated heterocycles. The van der Waals surface area contributed by atoms with Crippen LogP contribution in [0.5, 0.6) is 0 Å². The van der Waals surface area contributed by atoms with Gasteiger partial charge < -0.3 is 16.4 Å². The lowest BCUT2D eigenvalue weighted by Gasteiger charge is -2.13. The number of carbonyl (C=O) groups excluding carboxylic acids is 2. The molecular weight excluding hydrogens is 232 g/mol. The largest absolute Gasteiger partial charge is 0.385 e. The minimum absolute atomic E-state index is 0.371. The average molecular weight is 250 g/mol. The maximum Gasteiger partial charge on any atom is 0.255 e. The second kappa shape index (κ2) is 6.00. The van der Waals surface area contributed by atoms with E-state index in [2.05, 4.69) is 15.6 Å². The lowest BCUT2D eigenvalue weighted by atomic mass is 10.2. The Morgan fingerprint density at radius 2 is 2.17 bits per heavy atom. The van der Waals surface area contributed by atoms with Crippen molar-refractivity contribution in [3.05, 3.63) is 23.5 Å². The summed E-state index contributed by atoms with van der Waals surface area (Å²) in [5, 5.41) is 5.60. The number of rotatable bonds is 5. The normalized spacial score (nSPS) is 11.7. The molecule has 4 N–H and O–H groups in total. The van der Waals surface area contributed by atoms with Crippen molar-refractivity contribution in [2.24, 2.45) is 5.73 Å². The van der Waals surface area contributed by atoms with Gasteiger partial charge in [-0.25, -0.2) is 0 Å². The molecule has 6 nitrogen and oxygen atoms in total. The van der Waals surface area contributed by atoms with Crippen molar-refractivity contribution >= 4 is 17.5 Å². The maximum atomic E-state index is 12.0. The minimum atomic E-state index is -0.715. The first-order valence-electron chi connectivity index (χ1n) is 5.76. The standard InChI is InChI=1S/C12H18N4O2/c1-4-14-10-5-7(2)15-6-9(10)12(18)16-8(3)11(13)17/h5-6,8H,4H2,1-3H3,(H2,13,17)(H,14,15)(H,16,18). The highest BCUT2D eigenvalue weighted by Crippen LogP contribution is 2.15. The van der Waals surface area contributed by atoms with Crippen molar-refractivity contribution < 1.29 is 9.59 Å². The van der Waals surface area contributed by atoms with Crippen LogP contribution >= 0.6 is 0 Å². The van der Waals surface area contributed by atoms with E-state index >= 15 is 0 Å². The molecule has 1 rings (SSSR count). The number of aryl methyl sites for hydroxylation is 1. The zero-order valence-corrected chi connectivity index (χ0v) is 10.8. The number of aromatic nitrogens is 1. The van der Waals surface area contributed by atoms with Gasteiger partial charge in [-0.1, -0.05) is 0 Å². The van der Waals surface area contributed by atoms with Crippen molar-refractivity contribution in [1.82, 2.24) is 10.3 Å². The van der Waals surface area contributed by atoms with Gasteiger partial charge in [-0.3, -0.25) is 14.6 Å². The van der Waals surface area contributed by atoms with Crippen molar-refractivity contribution in [2.45, 2.75) is 26.8 Å². The number of anilines is 1. The van der Waals surface area contributed by atoms with Gasteiger partial charge in [0, 0.05) is 18.4 Å². The van der Waals surface area contributed by atoms with Gasteiger partial charge in [0.2, 0.25) is 5.91 Å². The molecule has 0 aromatic carbocycles. The lowest BCUT2D eigenvalue weighted by Crippen LogP contribution is -2.42. The van der Waals surface area contributed by atoms with E-state index in [1.54, 1.807) is 6.07 Å². The molecule has 0 saturated carbocycles. The average Bonchev–Trinajstić information content (AvgIpc) is 2.29. The highest BCUT2D eigenvalue weighted by atomic mass is 16.2. The maximum absolute atomic E-state index is 12.0. The molecule has 18 heavy (non-hydrogen) atoms. The van der Waals surface area contributed by atoms with E-state index in [0.29, 0.717) is 17.8 Å². The van der Waals surface area contributed by atoms with Crippen LogP contribution in [-0.2, 0) is 4.79 Å². The number of nitrogens with one attached hydrogen (secondary N) is 2. The van der Waals surface area contributed by atoms with Gasteiger partial charge in [0.15, 0.2) is 0 Å². The van der Waals surface area contributed by atoms with E-state index in [-0.39, 0.29) is 5.91 Å². The molecule has 1 heterocycles. The van der Waals surface area contributed by atoms with Crippen molar-refractivity contribution in [3.63, 3.8) is 0 Å². The van der Waals surface area contributed by atoms with Crippen LogP contribution in [0.3, 0.4) is 0 Å². The van der Waals surface area contributed by atoms with E-state index in [4.69, 9.17) is 5.73 Å². The van der Waals surface area contributed by atoms with Gasteiger partial charge >= 0.3 is 0 Å². The quantitative estimate of drug-likeness (QED) is 0.705. The summed E-state index contributed by atoms with van der Waals surface area (Å²) >= 11 is 0. The smallest absolute Gasteiger partial charge is 0.255 e. The molecule has 0 aliphatic heterocycles. The molecule has 0 aliphatic rings. The number of hydrogen-bond acceptors (Lipinski definition) is 4. The summed E-state index contributed by atoms with van der Waals surface area (Å²) in [7, 11) is 0. The van der Waals surface area contributed by atoms with E-state index in [1.165, 1.54) is 13.1 Å². The number of carbonyl (C=O) groups is 2. The topological polar surface area (TPSA) is 97.1 Å². The van der Waals surface area contributed by atoms with Gasteiger partial charge in [0.05, 0.1) is 11.3 Å². The summed E-state index contributed by atoms with van der Waals surface area (Å²) in [6.45, 7) is 6.00. The Morgan fingerprint density at radius 3 is 2.72 bits per heavy atom. The third-order valence-electron chi connectivity index (χ3n) is 2.43. The van der Waals surface area contributed by atoms with Crippen molar-refractivity contribution in [2.75, 3.05) is 11.9 Å². The summed E-state index contributed by atoms with van der Waals surface area (Å²) in [5.41, 5.74) is 7.00. The van der Waals surface area contributed by atoms with Crippen LogP contribution in [0.15, 0.2) is 12.3 Å². The van der Waals surface area contributed by atoms with Crippen LogP contribution in [0.2, 0.25) is 0 Å². The van der Waals surface area contributed by atoms with E-state index in [0.717, 1.165) is 5.69 Å². The van der Waals surface area contributed by atoms with E-state index < -0.39 is 11.9 Å². The van der Waals surface area contributed by atoms with Crippen LogP contribution in [0, 0.1) is 6.92 Å². The number of hydrogen-bond donors (Lipinski definition) is 3. The van der Waals surface area contributed by atoms with E-state index in [9.17, 15) is 9.59 Å². The lowest BCUT2D eigenvalue weighted by molar-refractivity contribution is -0.119. The van der Waals surface area contributed by atoms with Gasteiger partial charge in [-0.15, -0.1) is 0 Å². The predicted octanol–water partition coefficient (Wildman–Crippen LogP) is 0.425. The highest BCUT2D eigenvalue weighted by Gasteiger charge is 2.16. The third kappa shape index (κ3) is 3.44. The fraction of sp³-hybridized carbons (Fsp3) is 0.417. The number of amides is 2. The zero-order chi connectivity index (χ0) is 13.7. The second-order valence-electron chi connectivity index (χ2n) is 4.00. The first-order chi connectivity index (χ1) is 8.45. The van der Waals surface area contributed by atoms with Crippen LogP contribution in [0.4, 0.5) is 5.69 Å². The van der Waals surface area contributed by atoms with Crippen LogP contribution < -0.4 is 16.4 Å². The minimum Gasteiger partial charge on any atom is -0.385 e. The molecule has 0 bridgehead atoms. The molecule has 1 atom stereocenters. The SMILES string of the molecule is CCNc1cc(C)ncc1C(=O)NC(C)C(N)=O. The number of nitrogens with two attached hydrogens (primary N) is 1. The fourth-order valence-electron chi connectivity index (χ4n) is 1.42. The molecule has 6 heteroatoms. The Kier molecular flexibility index (Phi) is 4.65. The summed E-state index contributed by atoms with van der Waals surface area (Å²) in [5.74, 6) is -0.946. The molecule has 1 aromatic rings. The molecular formula is C12H18N4O2. The molecule has 1 aromatic heterocycles. The van der Waals surface area contributed by atoms with Crippen LogP contribution in [0.25, 0.3) is 0 Å². The molecule has 0 aliphatic carbocycles. The Hall–Kier alpha value is -2.11. The Labute approximate surface area is 106 Å². The van der Waals surface area contributed by atoms with Crippen molar-refractivity contribution in [3.8, 4) is 0 Å². The summed E-state index contributed by atoms with van der Waals surface area (Å²) in [6, 6.07) is 1.07. The number of primary amides is 1. The molecule has 1 unspecified atom stereocenters. The summed E-state index contributed by atoms with van der Waals surface area (Å²) < 4.78 is 0. The Balaban J connectivity index is 2.94. The third-order valence-corrected chi connectivity index (χ3v) is 2.43. The molecule has 98 valence electrons. The number of pyridine rings is 1. The number of nitrogens with zero attached hydrogens (tertiary/aromatic N) is 1. The Morgan fingerprint density at radius 1 is 1.50 bits per heavy atom. The highest BCUT2D eigenvalue weighted by molar-refractivity contribution is 6.01. The van der Waals surface area contributed by atoms with E-state index in [1.807, 2.05) is 13.8 Å². The molecule has 0 spiro atoms. The Bertz CT molecular complexity index is 459. The van der Waals surface area contributed by atoms with Gasteiger partial charge in [-0.05, 0) is 26.8 Å². The molecule has 0 fully saturated rings. The fourth-order valence-corrected chi connectivity index (χ4v) is 1.42. The summed E-state index contributed by atoms with van der Waals surface area (Å²) in [6.07, 6.45) is 1.48. The van der Waals surface area contributed by atoms with Crippen LogP contribution in [-0.4, -0.2) is 29.4 Å². The first-order valence-corrected chi connectivity index (χ1v) is 5.76. The predicted molar refractivity (Wildman–Crippen MR) is 69.3 cm³/mol. The van der Waals surface area contributed by atoms with Gasteiger partial charge in [0.25, 0.3) is 5.91 Å². The zero-order valence-electron chi connectivity index (χ0n) is 10.8. The molecule has 0 radical (unpaired) electrons. The van der Waals surface area contributed by atoms with Gasteiger partial charge in [-0.2, -0.15) is 0 Å². The molecule has 2 amide bonds. The second-order valence-corrected chi connectivity index (χ2v) is 4.00. The van der Waals surface area contributed by atoms with Crippen molar-refractivity contribution in [1.29, 1.82) is 0 Å². The van der Waals surface area contributed by atoms with Gasteiger partial charge in [0.1, 0.15) is 6.04 Å². The first kappa shape index (κ1) is 14.0.